The molecule has 2 unspecified atom stereocenters. The van der Waals surface area contributed by atoms with E-state index in [0.29, 0.717) is 18.0 Å². The zero-order valence-electron chi connectivity index (χ0n) is 9.89. The SMILES string of the molecule is Cc1nnc(C2CCCC(N)C2)n1C1CC1. The van der Waals surface area contributed by atoms with Crippen molar-refractivity contribution in [2.75, 3.05) is 0 Å². The molecule has 2 aliphatic carbocycles. The third-order valence-corrected chi connectivity index (χ3v) is 3.88. The molecule has 4 nitrogen and oxygen atoms in total. The van der Waals surface area contributed by atoms with Crippen molar-refractivity contribution in [2.24, 2.45) is 5.73 Å². The molecule has 1 aromatic rings. The number of hydrogen-bond donors (Lipinski definition) is 1. The van der Waals surface area contributed by atoms with Gasteiger partial charge in [0.1, 0.15) is 11.6 Å². The standard InChI is InChI=1S/C12H20N4/c1-8-14-15-12(16(8)11-5-6-11)9-3-2-4-10(13)7-9/h9-11H,2-7,13H2,1H3. The summed E-state index contributed by atoms with van der Waals surface area (Å²) in [4.78, 5) is 0. The molecule has 2 N–H and O–H groups in total. The molecule has 0 saturated heterocycles. The van der Waals surface area contributed by atoms with Gasteiger partial charge in [-0.2, -0.15) is 0 Å². The van der Waals surface area contributed by atoms with Gasteiger partial charge in [0.05, 0.1) is 0 Å². The van der Waals surface area contributed by atoms with Crippen LogP contribution < -0.4 is 5.73 Å². The molecule has 4 heteroatoms. The molecular formula is C12H20N4. The molecule has 0 amide bonds. The van der Waals surface area contributed by atoms with Crippen molar-refractivity contribution in [3.05, 3.63) is 11.6 Å². The monoisotopic (exact) mass is 220 g/mol. The highest BCUT2D eigenvalue weighted by Crippen LogP contribution is 2.40. The maximum atomic E-state index is 6.05. The largest absolute Gasteiger partial charge is 0.328 e. The van der Waals surface area contributed by atoms with Crippen LogP contribution >= 0.6 is 0 Å². The first-order chi connectivity index (χ1) is 7.75. The van der Waals surface area contributed by atoms with Gasteiger partial charge < -0.3 is 10.3 Å². The second kappa shape index (κ2) is 3.84. The zero-order valence-corrected chi connectivity index (χ0v) is 9.89. The highest BCUT2D eigenvalue weighted by molar-refractivity contribution is 5.08. The lowest BCUT2D eigenvalue weighted by atomic mass is 9.85. The van der Waals surface area contributed by atoms with Gasteiger partial charge in [-0.05, 0) is 39.0 Å². The third-order valence-electron chi connectivity index (χ3n) is 3.88. The number of aryl methyl sites for hydroxylation is 1. The van der Waals surface area contributed by atoms with Crippen LogP contribution in [0.15, 0.2) is 0 Å². The molecule has 2 atom stereocenters. The summed E-state index contributed by atoms with van der Waals surface area (Å²) in [6.45, 7) is 2.07. The van der Waals surface area contributed by atoms with Crippen LogP contribution in [-0.2, 0) is 0 Å². The Bertz CT molecular complexity index is 380. The maximum Gasteiger partial charge on any atom is 0.136 e. The van der Waals surface area contributed by atoms with Crippen LogP contribution in [0.25, 0.3) is 0 Å². The highest BCUT2D eigenvalue weighted by Gasteiger charge is 2.32. The van der Waals surface area contributed by atoms with Crippen LogP contribution in [0.5, 0.6) is 0 Å². The van der Waals surface area contributed by atoms with E-state index in [1.807, 2.05) is 0 Å². The van der Waals surface area contributed by atoms with Crippen molar-refractivity contribution in [1.29, 1.82) is 0 Å². The fraction of sp³-hybridized carbons (Fsp3) is 0.833. The zero-order chi connectivity index (χ0) is 11.1. The minimum absolute atomic E-state index is 0.364. The first-order valence-electron chi connectivity index (χ1n) is 6.42. The predicted molar refractivity (Wildman–Crippen MR) is 62.2 cm³/mol. The molecule has 2 fully saturated rings. The van der Waals surface area contributed by atoms with Crippen molar-refractivity contribution in [3.8, 4) is 0 Å². The van der Waals surface area contributed by atoms with Gasteiger partial charge in [-0.15, -0.1) is 10.2 Å². The fourth-order valence-corrected chi connectivity index (χ4v) is 2.91. The Morgan fingerprint density at radius 2 is 2.00 bits per heavy atom. The molecule has 0 aromatic carbocycles. The summed E-state index contributed by atoms with van der Waals surface area (Å²) in [5, 5.41) is 8.64. The number of aromatic nitrogens is 3. The molecule has 1 heterocycles. The van der Waals surface area contributed by atoms with Crippen LogP contribution in [0.2, 0.25) is 0 Å². The van der Waals surface area contributed by atoms with E-state index in [0.717, 1.165) is 12.2 Å². The van der Waals surface area contributed by atoms with E-state index in [1.54, 1.807) is 0 Å². The number of hydrogen-bond acceptors (Lipinski definition) is 3. The average Bonchev–Trinajstić information content (AvgIpc) is 3.02. The molecule has 2 saturated carbocycles. The van der Waals surface area contributed by atoms with E-state index in [-0.39, 0.29) is 0 Å². The van der Waals surface area contributed by atoms with E-state index in [9.17, 15) is 0 Å². The van der Waals surface area contributed by atoms with Crippen LogP contribution in [0.4, 0.5) is 0 Å². The molecule has 0 radical (unpaired) electrons. The first-order valence-corrected chi connectivity index (χ1v) is 6.42. The lowest BCUT2D eigenvalue weighted by Gasteiger charge is -2.26. The molecule has 3 rings (SSSR count). The van der Waals surface area contributed by atoms with E-state index < -0.39 is 0 Å². The minimum Gasteiger partial charge on any atom is -0.328 e. The van der Waals surface area contributed by atoms with Gasteiger partial charge in [-0.1, -0.05) is 6.42 Å². The maximum absolute atomic E-state index is 6.05. The topological polar surface area (TPSA) is 56.7 Å². The summed E-state index contributed by atoms with van der Waals surface area (Å²) < 4.78 is 2.36. The summed E-state index contributed by atoms with van der Waals surface area (Å²) in [5.74, 6) is 2.83. The van der Waals surface area contributed by atoms with Crippen LogP contribution in [-0.4, -0.2) is 20.8 Å². The first kappa shape index (κ1) is 10.3. The van der Waals surface area contributed by atoms with E-state index in [2.05, 4.69) is 21.7 Å². The molecule has 0 aliphatic heterocycles. The Labute approximate surface area is 96.2 Å². The quantitative estimate of drug-likeness (QED) is 0.828. The normalized spacial score (nSPS) is 30.6. The third kappa shape index (κ3) is 1.75. The van der Waals surface area contributed by atoms with E-state index in [4.69, 9.17) is 5.73 Å². The molecular weight excluding hydrogens is 200 g/mol. The average molecular weight is 220 g/mol. The fourth-order valence-electron chi connectivity index (χ4n) is 2.91. The van der Waals surface area contributed by atoms with Crippen LogP contribution in [0, 0.1) is 6.92 Å². The molecule has 0 bridgehead atoms. The second-order valence-corrected chi connectivity index (χ2v) is 5.33. The molecule has 1 aromatic heterocycles. The van der Waals surface area contributed by atoms with Gasteiger partial charge in [0.15, 0.2) is 0 Å². The number of nitrogens with zero attached hydrogens (tertiary/aromatic N) is 3. The smallest absolute Gasteiger partial charge is 0.136 e. The van der Waals surface area contributed by atoms with Gasteiger partial charge >= 0.3 is 0 Å². The van der Waals surface area contributed by atoms with Crippen molar-refractivity contribution < 1.29 is 0 Å². The van der Waals surface area contributed by atoms with Gasteiger partial charge in [0.2, 0.25) is 0 Å². The van der Waals surface area contributed by atoms with Crippen LogP contribution in [0.1, 0.15) is 62.1 Å². The van der Waals surface area contributed by atoms with Gasteiger partial charge in [0.25, 0.3) is 0 Å². The Morgan fingerprint density at radius 1 is 1.19 bits per heavy atom. The van der Waals surface area contributed by atoms with Crippen LogP contribution in [0.3, 0.4) is 0 Å². The molecule has 0 spiro atoms. The summed E-state index contributed by atoms with van der Waals surface area (Å²) in [5.41, 5.74) is 6.05. The highest BCUT2D eigenvalue weighted by atomic mass is 15.3. The van der Waals surface area contributed by atoms with E-state index >= 15 is 0 Å². The van der Waals surface area contributed by atoms with Gasteiger partial charge in [-0.25, -0.2) is 0 Å². The van der Waals surface area contributed by atoms with Gasteiger partial charge in [-0.3, -0.25) is 0 Å². The number of rotatable bonds is 2. The van der Waals surface area contributed by atoms with Gasteiger partial charge in [0, 0.05) is 18.0 Å². The molecule has 88 valence electrons. The summed E-state index contributed by atoms with van der Waals surface area (Å²) in [6, 6.07) is 1.05. The van der Waals surface area contributed by atoms with Crippen molar-refractivity contribution in [1.82, 2.24) is 14.8 Å². The minimum atomic E-state index is 0.364. The summed E-state index contributed by atoms with van der Waals surface area (Å²) >= 11 is 0. The Morgan fingerprint density at radius 3 is 2.69 bits per heavy atom. The van der Waals surface area contributed by atoms with Crippen molar-refractivity contribution >= 4 is 0 Å². The number of nitrogens with two attached hydrogens (primary N) is 1. The Kier molecular flexibility index (Phi) is 2.46. The lowest BCUT2D eigenvalue weighted by Crippen LogP contribution is -2.28. The van der Waals surface area contributed by atoms with E-state index in [1.165, 1.54) is 37.9 Å². The Hall–Kier alpha value is -0.900. The molecule has 2 aliphatic rings. The van der Waals surface area contributed by atoms with Crippen molar-refractivity contribution in [2.45, 2.75) is 63.5 Å². The Balaban J connectivity index is 1.87. The second-order valence-electron chi connectivity index (χ2n) is 5.33. The lowest BCUT2D eigenvalue weighted by molar-refractivity contribution is 0.372. The summed E-state index contributed by atoms with van der Waals surface area (Å²) in [7, 11) is 0. The molecule has 16 heavy (non-hydrogen) atoms. The van der Waals surface area contributed by atoms with Crippen molar-refractivity contribution in [3.63, 3.8) is 0 Å². The summed E-state index contributed by atoms with van der Waals surface area (Å²) in [6.07, 6.45) is 7.33. The predicted octanol–water partition coefficient (Wildman–Crippen LogP) is 1.91.